The van der Waals surface area contributed by atoms with E-state index in [1.165, 1.54) is 52.8 Å². The zero-order valence-electron chi connectivity index (χ0n) is 18.7. The number of benzene rings is 3. The lowest BCUT2D eigenvalue weighted by molar-refractivity contribution is 0.209. The van der Waals surface area contributed by atoms with Crippen LogP contribution in [-0.2, 0) is 10.2 Å². The van der Waals surface area contributed by atoms with Gasteiger partial charge in [0, 0.05) is 30.4 Å². The fraction of sp³-hybridized carbons (Fsp3) is 0.240. The predicted octanol–water partition coefficient (Wildman–Crippen LogP) is 5.26. The summed E-state index contributed by atoms with van der Waals surface area (Å²) in [5.74, 6) is -1.09. The van der Waals surface area contributed by atoms with Gasteiger partial charge in [0.15, 0.2) is 0 Å². The highest BCUT2D eigenvalue weighted by atomic mass is 32.2. The molecule has 3 aromatic carbocycles. The SMILES string of the molecule is O=C(O)Nc1ccc(NS(=O)(=O)N2CCCC(C(c3ccc(F)cc3)c3ccc(F)cc3)C2)cc1. The van der Waals surface area contributed by atoms with Gasteiger partial charge in [-0.25, -0.2) is 13.6 Å². The lowest BCUT2D eigenvalue weighted by Crippen LogP contribution is -2.44. The van der Waals surface area contributed by atoms with E-state index in [0.717, 1.165) is 17.5 Å². The number of rotatable bonds is 7. The Hall–Kier alpha value is -3.50. The molecule has 0 spiro atoms. The van der Waals surface area contributed by atoms with Gasteiger partial charge in [-0.05, 0) is 78.4 Å². The molecular formula is C25H25F2N3O4S. The third-order valence-electron chi connectivity index (χ3n) is 6.07. The lowest BCUT2D eigenvalue weighted by Gasteiger charge is -2.37. The average molecular weight is 502 g/mol. The zero-order valence-corrected chi connectivity index (χ0v) is 19.5. The molecule has 4 rings (SSSR count). The Balaban J connectivity index is 1.55. The van der Waals surface area contributed by atoms with Crippen LogP contribution < -0.4 is 10.0 Å². The predicted molar refractivity (Wildman–Crippen MR) is 130 cm³/mol. The van der Waals surface area contributed by atoms with Crippen LogP contribution in [0.5, 0.6) is 0 Å². The summed E-state index contributed by atoms with van der Waals surface area (Å²) in [7, 11) is -3.89. The molecule has 0 saturated carbocycles. The third-order valence-corrected chi connectivity index (χ3v) is 7.58. The topological polar surface area (TPSA) is 98.7 Å². The van der Waals surface area contributed by atoms with Crippen molar-refractivity contribution in [2.24, 2.45) is 5.92 Å². The number of nitrogens with one attached hydrogen (secondary N) is 2. The lowest BCUT2D eigenvalue weighted by atomic mass is 9.77. The molecule has 7 nitrogen and oxygen atoms in total. The first-order valence-corrected chi connectivity index (χ1v) is 12.5. The van der Waals surface area contributed by atoms with E-state index >= 15 is 0 Å². The van der Waals surface area contributed by atoms with Crippen molar-refractivity contribution in [3.8, 4) is 0 Å². The number of hydrogen-bond donors (Lipinski definition) is 3. The van der Waals surface area contributed by atoms with Gasteiger partial charge < -0.3 is 5.11 Å². The Bertz CT molecular complexity index is 1220. The van der Waals surface area contributed by atoms with Crippen LogP contribution in [0.25, 0.3) is 0 Å². The minimum Gasteiger partial charge on any atom is -0.465 e. The van der Waals surface area contributed by atoms with Gasteiger partial charge in [0.05, 0.1) is 0 Å². The summed E-state index contributed by atoms with van der Waals surface area (Å²) in [6.45, 7) is 0.567. The Kier molecular flexibility index (Phi) is 7.32. The van der Waals surface area contributed by atoms with E-state index in [1.807, 2.05) is 0 Å². The molecule has 1 aliphatic rings. The van der Waals surface area contributed by atoms with Crippen LogP contribution in [0.2, 0.25) is 0 Å². The van der Waals surface area contributed by atoms with E-state index in [1.54, 1.807) is 24.3 Å². The van der Waals surface area contributed by atoms with Crippen molar-refractivity contribution in [1.82, 2.24) is 4.31 Å². The number of amides is 1. The van der Waals surface area contributed by atoms with Gasteiger partial charge in [-0.2, -0.15) is 12.7 Å². The molecule has 1 saturated heterocycles. The number of hydrogen-bond acceptors (Lipinski definition) is 3. The summed E-state index contributed by atoms with van der Waals surface area (Å²) in [4.78, 5) is 10.7. The molecule has 3 N–H and O–H groups in total. The molecule has 1 amide bonds. The van der Waals surface area contributed by atoms with E-state index < -0.39 is 16.3 Å². The second kappa shape index (κ2) is 10.4. The molecule has 1 fully saturated rings. The van der Waals surface area contributed by atoms with Crippen molar-refractivity contribution in [2.45, 2.75) is 18.8 Å². The van der Waals surface area contributed by atoms with Gasteiger partial charge in [0.1, 0.15) is 11.6 Å². The fourth-order valence-electron chi connectivity index (χ4n) is 4.50. The molecular weight excluding hydrogens is 476 g/mol. The molecule has 0 aliphatic carbocycles. The van der Waals surface area contributed by atoms with E-state index in [4.69, 9.17) is 5.11 Å². The van der Waals surface area contributed by atoms with Crippen LogP contribution in [0.3, 0.4) is 0 Å². The molecule has 184 valence electrons. The molecule has 0 radical (unpaired) electrons. The second-order valence-electron chi connectivity index (χ2n) is 8.46. The maximum absolute atomic E-state index is 13.6. The minimum atomic E-state index is -3.89. The molecule has 0 aromatic heterocycles. The van der Waals surface area contributed by atoms with Gasteiger partial charge in [0.2, 0.25) is 0 Å². The van der Waals surface area contributed by atoms with E-state index in [0.29, 0.717) is 24.3 Å². The van der Waals surface area contributed by atoms with E-state index in [-0.39, 0.29) is 30.0 Å². The van der Waals surface area contributed by atoms with Crippen molar-refractivity contribution in [3.05, 3.63) is 95.6 Å². The van der Waals surface area contributed by atoms with Gasteiger partial charge >= 0.3 is 16.3 Å². The monoisotopic (exact) mass is 501 g/mol. The summed E-state index contributed by atoms with van der Waals surface area (Å²) in [6, 6.07) is 18.1. The molecule has 3 aromatic rings. The van der Waals surface area contributed by atoms with E-state index in [9.17, 15) is 22.0 Å². The Labute approximate surface area is 202 Å². The minimum absolute atomic E-state index is 0.113. The number of piperidine rings is 1. The van der Waals surface area contributed by atoms with Gasteiger partial charge in [-0.3, -0.25) is 10.0 Å². The first-order chi connectivity index (χ1) is 16.7. The van der Waals surface area contributed by atoms with Crippen LogP contribution in [-0.4, -0.2) is 37.0 Å². The maximum atomic E-state index is 13.6. The first-order valence-electron chi connectivity index (χ1n) is 11.1. The molecule has 1 aliphatic heterocycles. The number of carboxylic acid groups (broad SMARTS) is 1. The quantitative estimate of drug-likeness (QED) is 0.412. The Morgan fingerprint density at radius 3 is 1.91 bits per heavy atom. The molecule has 10 heteroatoms. The van der Waals surface area contributed by atoms with Gasteiger partial charge in [0.25, 0.3) is 0 Å². The fourth-order valence-corrected chi connectivity index (χ4v) is 5.82. The van der Waals surface area contributed by atoms with Crippen molar-refractivity contribution < 1.29 is 27.1 Å². The normalized spacial score (nSPS) is 16.7. The molecule has 0 bridgehead atoms. The third kappa shape index (κ3) is 6.14. The van der Waals surface area contributed by atoms with Crippen molar-refractivity contribution in [3.63, 3.8) is 0 Å². The smallest absolute Gasteiger partial charge is 0.409 e. The Morgan fingerprint density at radius 2 is 1.40 bits per heavy atom. The largest absolute Gasteiger partial charge is 0.465 e. The van der Waals surface area contributed by atoms with Gasteiger partial charge in [-0.15, -0.1) is 0 Å². The molecule has 35 heavy (non-hydrogen) atoms. The molecule has 1 heterocycles. The summed E-state index contributed by atoms with van der Waals surface area (Å²) in [6.07, 6.45) is 0.168. The highest BCUT2D eigenvalue weighted by Crippen LogP contribution is 2.38. The van der Waals surface area contributed by atoms with Crippen molar-refractivity contribution in [1.29, 1.82) is 0 Å². The van der Waals surface area contributed by atoms with Crippen LogP contribution in [0.15, 0.2) is 72.8 Å². The van der Waals surface area contributed by atoms with Gasteiger partial charge in [-0.1, -0.05) is 24.3 Å². The van der Waals surface area contributed by atoms with Crippen LogP contribution in [0.4, 0.5) is 25.0 Å². The van der Waals surface area contributed by atoms with Crippen molar-refractivity contribution in [2.75, 3.05) is 23.1 Å². The van der Waals surface area contributed by atoms with Crippen molar-refractivity contribution >= 4 is 27.7 Å². The summed E-state index contributed by atoms with van der Waals surface area (Å²) in [5.41, 5.74) is 2.28. The summed E-state index contributed by atoms with van der Waals surface area (Å²) >= 11 is 0. The zero-order chi connectivity index (χ0) is 25.0. The molecule has 1 unspecified atom stereocenters. The number of nitrogens with zero attached hydrogens (tertiary/aromatic N) is 1. The summed E-state index contributed by atoms with van der Waals surface area (Å²) < 4.78 is 57.4. The second-order valence-corrected chi connectivity index (χ2v) is 10.1. The van der Waals surface area contributed by atoms with Crippen LogP contribution in [0, 0.1) is 17.6 Å². The summed E-state index contributed by atoms with van der Waals surface area (Å²) in [5, 5.41) is 11.0. The highest BCUT2D eigenvalue weighted by molar-refractivity contribution is 7.90. The van der Waals surface area contributed by atoms with E-state index in [2.05, 4.69) is 10.0 Å². The molecule has 1 atom stereocenters. The highest BCUT2D eigenvalue weighted by Gasteiger charge is 2.34. The number of carbonyl (C=O) groups is 1. The first kappa shape index (κ1) is 24.6. The standard InChI is InChI=1S/C25H25F2N3O4S/c26-20-7-3-17(4-8-20)24(18-5-9-21(27)10-6-18)19-2-1-15-30(16-19)35(33,34)29-23-13-11-22(12-14-23)28-25(31)32/h3-14,19,24,28-29H,1-2,15-16H2,(H,31,32). The Morgan fingerprint density at radius 1 is 0.886 bits per heavy atom. The number of anilines is 2. The maximum Gasteiger partial charge on any atom is 0.409 e. The number of halogens is 2. The average Bonchev–Trinajstić information content (AvgIpc) is 2.83. The van der Waals surface area contributed by atoms with Crippen LogP contribution >= 0.6 is 0 Å². The van der Waals surface area contributed by atoms with Crippen LogP contribution in [0.1, 0.15) is 29.9 Å².